The van der Waals surface area contributed by atoms with E-state index in [9.17, 15) is 9.90 Å². The van der Waals surface area contributed by atoms with Crippen molar-refractivity contribution in [3.63, 3.8) is 0 Å². The number of hydrogen-bond donors (Lipinski definition) is 2. The summed E-state index contributed by atoms with van der Waals surface area (Å²) >= 11 is 1.55. The molecule has 150 valence electrons. The maximum atomic E-state index is 12.9. The molecule has 1 aliphatic heterocycles. The number of phenolic OH excluding ortho intramolecular Hbond substituents is 1. The van der Waals surface area contributed by atoms with Gasteiger partial charge in [-0.3, -0.25) is 14.6 Å². The summed E-state index contributed by atoms with van der Waals surface area (Å²) in [5.74, 6) is 1.27. The van der Waals surface area contributed by atoms with E-state index in [-0.39, 0.29) is 16.6 Å². The van der Waals surface area contributed by atoms with Crippen LogP contribution in [0.1, 0.15) is 74.3 Å². The molecular weight excluding hydrogens is 374 g/mol. The Labute approximate surface area is 169 Å². The van der Waals surface area contributed by atoms with Crippen molar-refractivity contribution >= 4 is 22.6 Å². The van der Waals surface area contributed by atoms with Gasteiger partial charge in [0, 0.05) is 0 Å². The second kappa shape index (κ2) is 8.07. The van der Waals surface area contributed by atoms with Gasteiger partial charge in [-0.2, -0.15) is 0 Å². The summed E-state index contributed by atoms with van der Waals surface area (Å²) in [5.41, 5.74) is 1.48. The van der Waals surface area contributed by atoms with Gasteiger partial charge in [-0.1, -0.05) is 49.9 Å². The number of thioether (sulfide) groups is 1. The average Bonchev–Trinajstić information content (AvgIpc) is 2.97. The van der Waals surface area contributed by atoms with Gasteiger partial charge < -0.3 is 9.84 Å². The molecule has 6 nitrogen and oxygen atoms in total. The quantitative estimate of drug-likeness (QED) is 0.753. The number of ether oxygens (including phenoxy) is 1. The number of nitrogens with zero attached hydrogens (tertiary/aromatic N) is 2. The average molecular weight is 402 g/mol. The van der Waals surface area contributed by atoms with Gasteiger partial charge in [0.2, 0.25) is 0 Å². The van der Waals surface area contributed by atoms with Crippen LogP contribution in [0.2, 0.25) is 0 Å². The number of fused-ring (bicyclic) bond motifs is 1. The number of rotatable bonds is 3. The Hall–Kier alpha value is -2.15. The fraction of sp³-hybridized carbons (Fsp3) is 0.524. The summed E-state index contributed by atoms with van der Waals surface area (Å²) in [4.78, 5) is 17.7. The highest BCUT2D eigenvalue weighted by Crippen LogP contribution is 2.46. The summed E-state index contributed by atoms with van der Waals surface area (Å²) in [6.45, 7) is 1.98. The zero-order chi connectivity index (χ0) is 19.7. The molecule has 1 aliphatic carbocycles. The Morgan fingerprint density at radius 3 is 2.61 bits per heavy atom. The van der Waals surface area contributed by atoms with Gasteiger partial charge in [0.1, 0.15) is 0 Å². The molecule has 28 heavy (non-hydrogen) atoms. The van der Waals surface area contributed by atoms with Gasteiger partial charge in [0.05, 0.1) is 29.0 Å². The smallest absolute Gasteiger partial charge is 0.271 e. The van der Waals surface area contributed by atoms with E-state index in [1.165, 1.54) is 39.2 Å². The molecule has 2 N–H and O–H groups in total. The van der Waals surface area contributed by atoms with E-state index in [2.05, 4.69) is 5.10 Å². The van der Waals surface area contributed by atoms with Crippen molar-refractivity contribution in [3.05, 3.63) is 39.7 Å². The monoisotopic (exact) mass is 401 g/mol. The predicted octanol–water partition coefficient (Wildman–Crippen LogP) is 5.06. The lowest BCUT2D eigenvalue weighted by atomic mass is 9.96. The van der Waals surface area contributed by atoms with Crippen LogP contribution in [-0.4, -0.2) is 27.0 Å². The van der Waals surface area contributed by atoms with E-state index in [0.29, 0.717) is 17.4 Å². The summed E-state index contributed by atoms with van der Waals surface area (Å²) in [6, 6.07) is 5.63. The van der Waals surface area contributed by atoms with Gasteiger partial charge in [0.15, 0.2) is 17.3 Å². The van der Waals surface area contributed by atoms with Crippen LogP contribution in [0.3, 0.4) is 0 Å². The normalized spacial score (nSPS) is 20.8. The lowest BCUT2D eigenvalue weighted by molar-refractivity contribution is 0.349. The molecule has 1 atom stereocenters. The molecule has 2 aliphatic rings. The highest BCUT2D eigenvalue weighted by atomic mass is 32.2. The van der Waals surface area contributed by atoms with Crippen LogP contribution in [-0.2, 0) is 0 Å². The third kappa shape index (κ3) is 3.60. The van der Waals surface area contributed by atoms with Crippen molar-refractivity contribution in [1.82, 2.24) is 9.78 Å². The van der Waals surface area contributed by atoms with E-state index in [1.807, 2.05) is 17.7 Å². The van der Waals surface area contributed by atoms with Crippen LogP contribution in [0.5, 0.6) is 11.5 Å². The van der Waals surface area contributed by atoms with Crippen molar-refractivity contribution < 1.29 is 9.84 Å². The number of aliphatic imine (C=N–C) groups is 1. The second-order valence-electron chi connectivity index (χ2n) is 7.61. The number of methoxy groups -OCH3 is 1. The molecule has 2 heterocycles. The lowest BCUT2D eigenvalue weighted by Gasteiger charge is -2.25. The second-order valence-corrected chi connectivity index (χ2v) is 8.91. The molecule has 0 unspecified atom stereocenters. The van der Waals surface area contributed by atoms with Crippen LogP contribution in [0.15, 0.2) is 28.0 Å². The maximum Gasteiger partial charge on any atom is 0.271 e. The number of aromatic nitrogens is 2. The summed E-state index contributed by atoms with van der Waals surface area (Å²) in [5, 5.41) is 14.0. The Balaban J connectivity index is 1.75. The van der Waals surface area contributed by atoms with Crippen molar-refractivity contribution in [3.8, 4) is 11.5 Å². The molecule has 0 spiro atoms. The fourth-order valence-corrected chi connectivity index (χ4v) is 5.36. The molecule has 0 radical (unpaired) electrons. The largest absolute Gasteiger partial charge is 0.504 e. The maximum absolute atomic E-state index is 12.9. The summed E-state index contributed by atoms with van der Waals surface area (Å²) in [6.07, 6.45) is 8.36. The minimum absolute atomic E-state index is 0.0817. The first-order valence-electron chi connectivity index (χ1n) is 10.0. The Morgan fingerprint density at radius 1 is 1.21 bits per heavy atom. The minimum Gasteiger partial charge on any atom is -0.504 e. The number of benzene rings is 1. The van der Waals surface area contributed by atoms with Crippen molar-refractivity contribution in [1.29, 1.82) is 0 Å². The zero-order valence-corrected chi connectivity index (χ0v) is 17.2. The van der Waals surface area contributed by atoms with Crippen molar-refractivity contribution in [2.45, 2.75) is 63.2 Å². The van der Waals surface area contributed by atoms with Crippen LogP contribution in [0.25, 0.3) is 0 Å². The number of H-pyrrole nitrogens is 1. The predicted molar refractivity (Wildman–Crippen MR) is 113 cm³/mol. The molecule has 0 saturated heterocycles. The Bertz CT molecular complexity index is 939. The number of phenols is 1. The molecule has 1 aromatic heterocycles. The van der Waals surface area contributed by atoms with Gasteiger partial charge in [-0.05, 0) is 37.5 Å². The first-order chi connectivity index (χ1) is 13.6. The molecular formula is C21H27N3O3S. The van der Waals surface area contributed by atoms with E-state index in [0.717, 1.165) is 29.3 Å². The first-order valence-corrected chi connectivity index (χ1v) is 10.9. The number of aromatic amines is 1. The SMILES string of the molecule is COc1ccc([C@H]2SC(C)=Nc3c2c(=O)[nH]n3C2CCCCCCC2)cc1O. The molecule has 7 heteroatoms. The van der Waals surface area contributed by atoms with Crippen LogP contribution >= 0.6 is 11.8 Å². The fourth-order valence-electron chi connectivity index (χ4n) is 4.27. The molecule has 1 saturated carbocycles. The topological polar surface area (TPSA) is 79.6 Å². The Kier molecular flexibility index (Phi) is 5.53. The van der Waals surface area contributed by atoms with Crippen LogP contribution in [0.4, 0.5) is 5.82 Å². The minimum atomic E-state index is -0.192. The van der Waals surface area contributed by atoms with E-state index < -0.39 is 0 Å². The standard InChI is InChI=1S/C21H27N3O3S/c1-13-22-20-18(19(28-13)14-10-11-17(27-2)16(25)12-14)21(26)23-24(20)15-8-6-4-3-5-7-9-15/h10-12,15,19,25H,3-9H2,1-2H3,(H,23,26)/t19-/m1/s1. The van der Waals surface area contributed by atoms with E-state index in [1.54, 1.807) is 23.9 Å². The van der Waals surface area contributed by atoms with Gasteiger partial charge in [0.25, 0.3) is 5.56 Å². The third-order valence-corrected chi connectivity index (χ3v) is 6.87. The Morgan fingerprint density at radius 2 is 1.93 bits per heavy atom. The molecule has 2 aromatic rings. The van der Waals surface area contributed by atoms with Crippen molar-refractivity contribution in [2.75, 3.05) is 7.11 Å². The van der Waals surface area contributed by atoms with Gasteiger partial charge in [-0.15, -0.1) is 0 Å². The summed E-state index contributed by atoms with van der Waals surface area (Å²) < 4.78 is 7.17. The number of aromatic hydroxyl groups is 1. The van der Waals surface area contributed by atoms with Crippen LogP contribution < -0.4 is 10.3 Å². The van der Waals surface area contributed by atoms with E-state index >= 15 is 0 Å². The lowest BCUT2D eigenvalue weighted by Crippen LogP contribution is -2.15. The molecule has 1 fully saturated rings. The number of nitrogens with one attached hydrogen (secondary N) is 1. The summed E-state index contributed by atoms with van der Waals surface area (Å²) in [7, 11) is 1.53. The third-order valence-electron chi connectivity index (χ3n) is 5.70. The zero-order valence-electron chi connectivity index (χ0n) is 16.4. The van der Waals surface area contributed by atoms with E-state index in [4.69, 9.17) is 9.73 Å². The first kappa shape index (κ1) is 19.2. The molecule has 0 amide bonds. The molecule has 1 aromatic carbocycles. The van der Waals surface area contributed by atoms with Gasteiger partial charge in [-0.25, -0.2) is 4.99 Å². The number of hydrogen-bond acceptors (Lipinski definition) is 5. The van der Waals surface area contributed by atoms with Crippen molar-refractivity contribution in [2.24, 2.45) is 4.99 Å². The molecule has 0 bridgehead atoms. The highest BCUT2D eigenvalue weighted by Gasteiger charge is 2.32. The van der Waals surface area contributed by atoms with Crippen LogP contribution in [0, 0.1) is 0 Å². The molecule has 4 rings (SSSR count). The highest BCUT2D eigenvalue weighted by molar-refractivity contribution is 8.14. The van der Waals surface area contributed by atoms with Gasteiger partial charge >= 0.3 is 0 Å².